The summed E-state index contributed by atoms with van der Waals surface area (Å²) in [6.45, 7) is 0. The largest absolute Gasteiger partial charge is 0.417 e. The fraction of sp³-hybridized carbons (Fsp3) is 0.143. The Bertz CT molecular complexity index is 436. The maximum absolute atomic E-state index is 12.2. The highest BCUT2D eigenvalue weighted by atomic mass is 19.4. The molecule has 0 amide bonds. The summed E-state index contributed by atoms with van der Waals surface area (Å²) in [5.41, 5.74) is 6.22. The second kappa shape index (κ2) is 3.97. The molecule has 0 radical (unpaired) electrons. The van der Waals surface area contributed by atoms with Gasteiger partial charge in [0, 0.05) is 11.1 Å². The molecular weight excluding hydrogens is 213 g/mol. The fourth-order valence-corrected chi connectivity index (χ4v) is 0.838. The standard InChI is InChI=1S/C7H3F3N4O/c8-7(9,10)4-1-5(13-14-11)6(3-15)12-2-4/h1-3H. The lowest BCUT2D eigenvalue weighted by Gasteiger charge is -2.06. The van der Waals surface area contributed by atoms with Gasteiger partial charge in [-0.05, 0) is 11.6 Å². The molecule has 0 aliphatic carbocycles. The summed E-state index contributed by atoms with van der Waals surface area (Å²) in [5, 5.41) is 2.94. The van der Waals surface area contributed by atoms with Crippen LogP contribution in [0.2, 0.25) is 0 Å². The van der Waals surface area contributed by atoms with E-state index in [0.717, 1.165) is 0 Å². The summed E-state index contributed by atoms with van der Waals surface area (Å²) in [7, 11) is 0. The van der Waals surface area contributed by atoms with Crippen molar-refractivity contribution in [2.45, 2.75) is 6.18 Å². The third-order valence-electron chi connectivity index (χ3n) is 1.49. The van der Waals surface area contributed by atoms with E-state index in [4.69, 9.17) is 5.53 Å². The average Bonchev–Trinajstić information content (AvgIpc) is 2.17. The number of carbonyl (C=O) groups excluding carboxylic acids is 1. The number of hydrogen-bond acceptors (Lipinski definition) is 3. The highest BCUT2D eigenvalue weighted by Gasteiger charge is 2.31. The Morgan fingerprint density at radius 3 is 2.67 bits per heavy atom. The second-order valence-corrected chi connectivity index (χ2v) is 2.43. The predicted molar refractivity (Wildman–Crippen MR) is 43.4 cm³/mol. The third kappa shape index (κ3) is 2.44. The number of halogens is 3. The number of alkyl halides is 3. The number of hydrogen-bond donors (Lipinski definition) is 0. The van der Waals surface area contributed by atoms with Gasteiger partial charge in [0.1, 0.15) is 5.69 Å². The molecule has 0 saturated heterocycles. The van der Waals surface area contributed by atoms with Crippen LogP contribution in [0.1, 0.15) is 16.1 Å². The Hall–Kier alpha value is -2.08. The first-order valence-corrected chi connectivity index (χ1v) is 3.56. The van der Waals surface area contributed by atoms with Gasteiger partial charge in [0.25, 0.3) is 0 Å². The minimum atomic E-state index is -4.59. The monoisotopic (exact) mass is 216 g/mol. The first-order valence-electron chi connectivity index (χ1n) is 3.56. The van der Waals surface area contributed by atoms with Crippen molar-refractivity contribution < 1.29 is 18.0 Å². The van der Waals surface area contributed by atoms with Crippen LogP contribution >= 0.6 is 0 Å². The Labute approximate surface area is 81.2 Å². The molecule has 0 unspecified atom stereocenters. The summed E-state index contributed by atoms with van der Waals surface area (Å²) in [6.07, 6.45) is -3.88. The Balaban J connectivity index is 3.34. The van der Waals surface area contributed by atoms with E-state index in [-0.39, 0.29) is 12.0 Å². The number of aromatic nitrogens is 1. The maximum atomic E-state index is 12.2. The van der Waals surface area contributed by atoms with Crippen molar-refractivity contribution in [2.24, 2.45) is 5.11 Å². The lowest BCUT2D eigenvalue weighted by molar-refractivity contribution is -0.137. The van der Waals surface area contributed by atoms with Crippen molar-refractivity contribution in [3.8, 4) is 0 Å². The van der Waals surface area contributed by atoms with E-state index in [1.54, 1.807) is 0 Å². The molecule has 1 heterocycles. The smallest absolute Gasteiger partial charge is 0.296 e. The molecule has 0 saturated carbocycles. The molecule has 1 aromatic rings. The highest BCUT2D eigenvalue weighted by molar-refractivity contribution is 5.80. The SMILES string of the molecule is [N-]=[N+]=Nc1cc(C(F)(F)F)cnc1C=O. The zero-order valence-corrected chi connectivity index (χ0v) is 7.06. The molecule has 5 nitrogen and oxygen atoms in total. The molecule has 0 aromatic carbocycles. The molecule has 78 valence electrons. The zero-order chi connectivity index (χ0) is 11.5. The summed E-state index contributed by atoms with van der Waals surface area (Å²) in [4.78, 5) is 15.9. The van der Waals surface area contributed by atoms with Crippen LogP contribution in [0.5, 0.6) is 0 Å². The number of azide groups is 1. The van der Waals surface area contributed by atoms with E-state index in [2.05, 4.69) is 15.0 Å². The van der Waals surface area contributed by atoms with Gasteiger partial charge in [0.2, 0.25) is 0 Å². The number of aldehydes is 1. The molecule has 0 aliphatic heterocycles. The molecule has 0 aliphatic rings. The van der Waals surface area contributed by atoms with E-state index in [0.29, 0.717) is 12.3 Å². The van der Waals surface area contributed by atoms with Crippen LogP contribution in [0.25, 0.3) is 10.4 Å². The van der Waals surface area contributed by atoms with Crippen molar-refractivity contribution >= 4 is 12.0 Å². The number of rotatable bonds is 2. The van der Waals surface area contributed by atoms with Gasteiger partial charge in [0.15, 0.2) is 6.29 Å². The molecule has 0 bridgehead atoms. The number of nitrogens with zero attached hydrogens (tertiary/aromatic N) is 4. The van der Waals surface area contributed by atoms with Crippen LogP contribution in [-0.2, 0) is 6.18 Å². The molecule has 0 fully saturated rings. The summed E-state index contributed by atoms with van der Waals surface area (Å²) in [6, 6.07) is 0.566. The lowest BCUT2D eigenvalue weighted by atomic mass is 10.2. The van der Waals surface area contributed by atoms with Crippen LogP contribution in [0.3, 0.4) is 0 Å². The van der Waals surface area contributed by atoms with Gasteiger partial charge in [-0.3, -0.25) is 9.78 Å². The van der Waals surface area contributed by atoms with Crippen molar-refractivity contribution in [3.05, 3.63) is 34.0 Å². The van der Waals surface area contributed by atoms with Crippen molar-refractivity contribution in [2.75, 3.05) is 0 Å². The Kier molecular flexibility index (Phi) is 2.91. The molecule has 0 N–H and O–H groups in total. The molecule has 8 heteroatoms. The van der Waals surface area contributed by atoms with Gasteiger partial charge >= 0.3 is 6.18 Å². The van der Waals surface area contributed by atoms with E-state index < -0.39 is 17.4 Å². The van der Waals surface area contributed by atoms with Gasteiger partial charge in [-0.2, -0.15) is 13.2 Å². The third-order valence-corrected chi connectivity index (χ3v) is 1.49. The minimum Gasteiger partial charge on any atom is -0.296 e. The first-order chi connectivity index (χ1) is 6.99. The van der Waals surface area contributed by atoms with Gasteiger partial charge in [-0.1, -0.05) is 5.11 Å². The Morgan fingerprint density at radius 2 is 2.20 bits per heavy atom. The summed E-state index contributed by atoms with van der Waals surface area (Å²) in [5.74, 6) is 0. The normalized spacial score (nSPS) is 10.6. The quantitative estimate of drug-likeness (QED) is 0.329. The second-order valence-electron chi connectivity index (χ2n) is 2.43. The molecule has 0 spiro atoms. The van der Waals surface area contributed by atoms with E-state index >= 15 is 0 Å². The maximum Gasteiger partial charge on any atom is 0.417 e. The lowest BCUT2D eigenvalue weighted by Crippen LogP contribution is -2.06. The zero-order valence-electron chi connectivity index (χ0n) is 7.06. The van der Waals surface area contributed by atoms with Crippen molar-refractivity contribution in [1.82, 2.24) is 4.98 Å². The summed E-state index contributed by atoms with van der Waals surface area (Å²) < 4.78 is 36.5. The van der Waals surface area contributed by atoms with E-state index in [1.165, 1.54) is 0 Å². The predicted octanol–water partition coefficient (Wildman–Crippen LogP) is 2.85. The molecule has 15 heavy (non-hydrogen) atoms. The molecule has 0 atom stereocenters. The van der Waals surface area contributed by atoms with Gasteiger partial charge in [-0.25, -0.2) is 0 Å². The fourth-order valence-electron chi connectivity index (χ4n) is 0.838. The topological polar surface area (TPSA) is 78.7 Å². The van der Waals surface area contributed by atoms with Crippen LogP contribution in [-0.4, -0.2) is 11.3 Å². The minimum absolute atomic E-state index is 0.212. The van der Waals surface area contributed by atoms with Crippen LogP contribution < -0.4 is 0 Å². The molecule has 1 aromatic heterocycles. The highest BCUT2D eigenvalue weighted by Crippen LogP contribution is 2.31. The van der Waals surface area contributed by atoms with Gasteiger partial charge in [-0.15, -0.1) is 0 Å². The van der Waals surface area contributed by atoms with Crippen LogP contribution in [0.15, 0.2) is 17.4 Å². The van der Waals surface area contributed by atoms with Crippen molar-refractivity contribution in [3.63, 3.8) is 0 Å². The molecular formula is C7H3F3N4O. The number of pyridine rings is 1. The van der Waals surface area contributed by atoms with Gasteiger partial charge in [0.05, 0.1) is 11.3 Å². The van der Waals surface area contributed by atoms with Crippen LogP contribution in [0.4, 0.5) is 18.9 Å². The van der Waals surface area contributed by atoms with E-state index in [1.807, 2.05) is 0 Å². The Morgan fingerprint density at radius 1 is 1.53 bits per heavy atom. The van der Waals surface area contributed by atoms with E-state index in [9.17, 15) is 18.0 Å². The summed E-state index contributed by atoms with van der Waals surface area (Å²) >= 11 is 0. The first kappa shape index (κ1) is 11.0. The average molecular weight is 216 g/mol. The van der Waals surface area contributed by atoms with Crippen LogP contribution in [0, 0.1) is 0 Å². The molecule has 1 rings (SSSR count). The van der Waals surface area contributed by atoms with Crippen molar-refractivity contribution in [1.29, 1.82) is 0 Å². The van der Waals surface area contributed by atoms with Gasteiger partial charge < -0.3 is 0 Å². The number of carbonyl (C=O) groups is 1.